The molecule has 1 aromatic carbocycles. The molecule has 112 valence electrons. The molecule has 0 unspecified atom stereocenters. The molecule has 0 amide bonds. The number of halogens is 1. The summed E-state index contributed by atoms with van der Waals surface area (Å²) in [5.41, 5.74) is 5.82. The average molecular weight is 313 g/mol. The number of hydrogen-bond donors (Lipinski definition) is 1. The molecule has 0 atom stereocenters. The summed E-state index contributed by atoms with van der Waals surface area (Å²) < 4.78 is 12.9. The summed E-state index contributed by atoms with van der Waals surface area (Å²) >= 11 is 1.51. The van der Waals surface area contributed by atoms with Gasteiger partial charge in [-0.2, -0.15) is 0 Å². The van der Waals surface area contributed by atoms with Crippen LogP contribution in [0.5, 0.6) is 0 Å². The minimum atomic E-state index is -0.351. The Kier molecular flexibility index (Phi) is 3.90. The van der Waals surface area contributed by atoms with E-state index in [2.05, 4.69) is 48.2 Å². The topological polar surface area (TPSA) is 37.8 Å². The Morgan fingerprint density at radius 2 is 1.82 bits per heavy atom. The molecule has 5 heteroatoms. The Bertz CT molecular complexity index is 809. The predicted octanol–water partition coefficient (Wildman–Crippen LogP) is 5.01. The number of aryl methyl sites for hydroxylation is 3. The number of hydrogen-bond acceptors (Lipinski definition) is 4. The zero-order valence-corrected chi connectivity index (χ0v) is 13.5. The van der Waals surface area contributed by atoms with E-state index in [1.54, 1.807) is 6.07 Å². The molecule has 0 fully saturated rings. The SMILES string of the molecule is Cc1cc(C)c(-c2csc(Nc3ccc(F)cn3)n2)cc1C. The van der Waals surface area contributed by atoms with Gasteiger partial charge in [0, 0.05) is 10.9 Å². The van der Waals surface area contributed by atoms with Crippen LogP contribution in [-0.2, 0) is 0 Å². The summed E-state index contributed by atoms with van der Waals surface area (Å²) in [7, 11) is 0. The molecule has 2 aromatic heterocycles. The van der Waals surface area contributed by atoms with Gasteiger partial charge in [-0.25, -0.2) is 14.4 Å². The second-order valence-corrected chi connectivity index (χ2v) is 6.13. The molecule has 22 heavy (non-hydrogen) atoms. The third-order valence-electron chi connectivity index (χ3n) is 3.58. The fourth-order valence-corrected chi connectivity index (χ4v) is 2.97. The fourth-order valence-electron chi connectivity index (χ4n) is 2.25. The van der Waals surface area contributed by atoms with E-state index in [1.807, 2.05) is 5.38 Å². The van der Waals surface area contributed by atoms with E-state index < -0.39 is 0 Å². The zero-order chi connectivity index (χ0) is 15.7. The van der Waals surface area contributed by atoms with Crippen LogP contribution < -0.4 is 5.32 Å². The van der Waals surface area contributed by atoms with Crippen LogP contribution in [0.3, 0.4) is 0 Å². The number of aromatic nitrogens is 2. The first kappa shape index (κ1) is 14.7. The van der Waals surface area contributed by atoms with Gasteiger partial charge < -0.3 is 5.32 Å². The monoisotopic (exact) mass is 313 g/mol. The molecular formula is C17H16FN3S. The molecule has 0 spiro atoms. The number of anilines is 2. The van der Waals surface area contributed by atoms with Crippen molar-refractivity contribution in [3.63, 3.8) is 0 Å². The summed E-state index contributed by atoms with van der Waals surface area (Å²) in [4.78, 5) is 8.58. The number of nitrogens with one attached hydrogen (secondary N) is 1. The molecule has 3 nitrogen and oxygen atoms in total. The van der Waals surface area contributed by atoms with Crippen molar-refractivity contribution < 1.29 is 4.39 Å². The van der Waals surface area contributed by atoms with E-state index in [-0.39, 0.29) is 5.82 Å². The second kappa shape index (κ2) is 5.85. The maximum absolute atomic E-state index is 12.9. The molecule has 0 saturated heterocycles. The van der Waals surface area contributed by atoms with Crippen molar-refractivity contribution in [3.8, 4) is 11.3 Å². The highest BCUT2D eigenvalue weighted by Gasteiger charge is 2.09. The number of nitrogens with zero attached hydrogens (tertiary/aromatic N) is 2. The quantitative estimate of drug-likeness (QED) is 0.738. The molecule has 0 aliphatic carbocycles. The Morgan fingerprint density at radius 3 is 2.55 bits per heavy atom. The number of pyridine rings is 1. The minimum Gasteiger partial charge on any atom is -0.316 e. The van der Waals surface area contributed by atoms with E-state index in [4.69, 9.17) is 0 Å². The molecule has 0 aliphatic heterocycles. The second-order valence-electron chi connectivity index (χ2n) is 5.28. The largest absolute Gasteiger partial charge is 0.316 e. The van der Waals surface area contributed by atoms with Crippen LogP contribution in [0.2, 0.25) is 0 Å². The number of rotatable bonds is 3. The highest BCUT2D eigenvalue weighted by molar-refractivity contribution is 7.14. The van der Waals surface area contributed by atoms with Crippen LogP contribution in [0.25, 0.3) is 11.3 Å². The van der Waals surface area contributed by atoms with Crippen LogP contribution in [-0.4, -0.2) is 9.97 Å². The van der Waals surface area contributed by atoms with Crippen molar-refractivity contribution in [2.45, 2.75) is 20.8 Å². The summed E-state index contributed by atoms with van der Waals surface area (Å²) in [6.07, 6.45) is 1.18. The van der Waals surface area contributed by atoms with Crippen LogP contribution in [0, 0.1) is 26.6 Å². The normalized spacial score (nSPS) is 10.7. The maximum atomic E-state index is 12.9. The Hall–Kier alpha value is -2.27. The minimum absolute atomic E-state index is 0.351. The molecule has 0 aliphatic rings. The van der Waals surface area contributed by atoms with Crippen molar-refractivity contribution in [3.05, 3.63) is 58.3 Å². The molecule has 0 bridgehead atoms. The molecule has 3 rings (SSSR count). The van der Waals surface area contributed by atoms with Gasteiger partial charge in [-0.05, 0) is 55.7 Å². The first-order valence-electron chi connectivity index (χ1n) is 6.95. The molecule has 0 saturated carbocycles. The van der Waals surface area contributed by atoms with Crippen molar-refractivity contribution in [1.82, 2.24) is 9.97 Å². The molecule has 2 heterocycles. The lowest BCUT2D eigenvalue weighted by atomic mass is 9.99. The molecular weight excluding hydrogens is 297 g/mol. The van der Waals surface area contributed by atoms with Crippen LogP contribution >= 0.6 is 11.3 Å². The van der Waals surface area contributed by atoms with E-state index in [9.17, 15) is 4.39 Å². The van der Waals surface area contributed by atoms with Crippen molar-refractivity contribution >= 4 is 22.3 Å². The summed E-state index contributed by atoms with van der Waals surface area (Å²) in [5, 5.41) is 5.86. The van der Waals surface area contributed by atoms with Gasteiger partial charge >= 0.3 is 0 Å². The van der Waals surface area contributed by atoms with Crippen molar-refractivity contribution in [2.24, 2.45) is 0 Å². The maximum Gasteiger partial charge on any atom is 0.188 e. The van der Waals surface area contributed by atoms with Gasteiger partial charge in [-0.3, -0.25) is 0 Å². The lowest BCUT2D eigenvalue weighted by molar-refractivity contribution is 0.622. The Morgan fingerprint density at radius 1 is 1.05 bits per heavy atom. The van der Waals surface area contributed by atoms with Gasteiger partial charge in [0.05, 0.1) is 11.9 Å². The van der Waals surface area contributed by atoms with Crippen LogP contribution in [0.15, 0.2) is 35.8 Å². The van der Waals surface area contributed by atoms with E-state index >= 15 is 0 Å². The van der Waals surface area contributed by atoms with Crippen LogP contribution in [0.1, 0.15) is 16.7 Å². The molecule has 3 aromatic rings. The van der Waals surface area contributed by atoms with Crippen molar-refractivity contribution in [2.75, 3.05) is 5.32 Å². The smallest absolute Gasteiger partial charge is 0.188 e. The predicted molar refractivity (Wildman–Crippen MR) is 89.2 cm³/mol. The molecule has 1 N–H and O–H groups in total. The fraction of sp³-hybridized carbons (Fsp3) is 0.176. The highest BCUT2D eigenvalue weighted by Crippen LogP contribution is 2.30. The summed E-state index contributed by atoms with van der Waals surface area (Å²) in [6.45, 7) is 6.31. The Balaban J connectivity index is 1.87. The third kappa shape index (κ3) is 2.99. The molecule has 0 radical (unpaired) electrons. The first-order valence-corrected chi connectivity index (χ1v) is 7.83. The van der Waals surface area contributed by atoms with Gasteiger partial charge in [0.25, 0.3) is 0 Å². The highest BCUT2D eigenvalue weighted by atomic mass is 32.1. The van der Waals surface area contributed by atoms with E-state index in [1.165, 1.54) is 40.3 Å². The van der Waals surface area contributed by atoms with Gasteiger partial charge in [0.2, 0.25) is 0 Å². The van der Waals surface area contributed by atoms with Crippen LogP contribution in [0.4, 0.5) is 15.3 Å². The lowest BCUT2D eigenvalue weighted by Crippen LogP contribution is -1.93. The Labute approximate surface area is 132 Å². The summed E-state index contributed by atoms with van der Waals surface area (Å²) in [5.74, 6) is 0.232. The van der Waals surface area contributed by atoms with Crippen molar-refractivity contribution in [1.29, 1.82) is 0 Å². The summed E-state index contributed by atoms with van der Waals surface area (Å²) in [6, 6.07) is 7.31. The zero-order valence-electron chi connectivity index (χ0n) is 12.6. The average Bonchev–Trinajstić information content (AvgIpc) is 2.93. The number of thiazole rings is 1. The first-order chi connectivity index (χ1) is 10.5. The van der Waals surface area contributed by atoms with Gasteiger partial charge in [0.15, 0.2) is 5.13 Å². The number of benzene rings is 1. The van der Waals surface area contributed by atoms with Gasteiger partial charge in [-0.15, -0.1) is 11.3 Å². The standard InChI is InChI=1S/C17H16FN3S/c1-10-6-12(3)14(7-11(10)2)15-9-22-17(20-15)21-16-5-4-13(18)8-19-16/h4-9H,1-3H3,(H,19,20,21). The van der Waals surface area contributed by atoms with E-state index in [0.717, 1.165) is 16.4 Å². The van der Waals surface area contributed by atoms with Gasteiger partial charge in [-0.1, -0.05) is 6.07 Å². The lowest BCUT2D eigenvalue weighted by Gasteiger charge is -2.07. The van der Waals surface area contributed by atoms with Gasteiger partial charge in [0.1, 0.15) is 11.6 Å². The van der Waals surface area contributed by atoms with E-state index in [0.29, 0.717) is 5.82 Å². The third-order valence-corrected chi connectivity index (χ3v) is 4.34.